The molecule has 116 valence electrons. The summed E-state index contributed by atoms with van der Waals surface area (Å²) in [5, 5.41) is 0. The number of aromatic nitrogens is 1. The Morgan fingerprint density at radius 1 is 1.19 bits per heavy atom. The first-order valence-corrected chi connectivity index (χ1v) is 6.18. The monoisotopic (exact) mass is 308 g/mol. The Labute approximate surface area is 132 Å². The summed E-state index contributed by atoms with van der Waals surface area (Å²) < 4.78 is 105. The second-order valence-electron chi connectivity index (χ2n) is 5.81. The molecule has 1 aromatic heterocycles. The van der Waals surface area contributed by atoms with Crippen LogP contribution >= 0.6 is 0 Å². The molecule has 0 amide bonds. The maximum Gasteiger partial charge on any atom is 0.496 e. The predicted octanol–water partition coefficient (Wildman–Crippen LogP) is 3.02. The number of hydrogen-bond acceptors (Lipinski definition) is 3. The molecule has 0 unspecified atom stereocenters. The number of alkyl halides is 3. The van der Waals surface area contributed by atoms with Crippen molar-refractivity contribution in [2.45, 2.75) is 58.8 Å². The molecule has 1 aliphatic heterocycles. The van der Waals surface area contributed by atoms with Crippen LogP contribution in [0.5, 0.6) is 0 Å². The van der Waals surface area contributed by atoms with Crippen molar-refractivity contribution in [1.82, 2.24) is 4.98 Å². The maximum absolute atomic E-state index is 13.4. The number of halogens is 3. The fraction of sp³-hybridized carbons (Fsp3) is 0.643. The summed E-state index contributed by atoms with van der Waals surface area (Å²) >= 11 is 0. The van der Waals surface area contributed by atoms with E-state index in [0.717, 1.165) is 0 Å². The van der Waals surface area contributed by atoms with Crippen LogP contribution in [0.15, 0.2) is 6.04 Å². The average Bonchev–Trinajstić information content (AvgIpc) is 2.62. The highest BCUT2D eigenvalue weighted by atomic mass is 19.4. The summed E-state index contributed by atoms with van der Waals surface area (Å²) in [7, 11) is -1.57. The van der Waals surface area contributed by atoms with Crippen LogP contribution in [0.25, 0.3) is 0 Å². The summed E-state index contributed by atoms with van der Waals surface area (Å²) in [6.07, 6.45) is -5.27. The van der Waals surface area contributed by atoms with Crippen molar-refractivity contribution in [2.24, 2.45) is 0 Å². The van der Waals surface area contributed by atoms with E-state index < -0.39 is 66.7 Å². The minimum absolute atomic E-state index is 0.641. The summed E-state index contributed by atoms with van der Waals surface area (Å²) in [5.74, 6) is 0. The fourth-order valence-electron chi connectivity index (χ4n) is 1.82. The van der Waals surface area contributed by atoms with Crippen LogP contribution in [0.1, 0.15) is 54.2 Å². The highest BCUT2D eigenvalue weighted by Crippen LogP contribution is 2.37. The van der Waals surface area contributed by atoms with E-state index in [9.17, 15) is 13.2 Å². The largest absolute Gasteiger partial charge is 0.496 e. The molecule has 7 heteroatoms. The average molecular weight is 308 g/mol. The quantitative estimate of drug-likeness (QED) is 0.747. The molecule has 21 heavy (non-hydrogen) atoms. The van der Waals surface area contributed by atoms with Crippen molar-refractivity contribution in [3.05, 3.63) is 23.0 Å². The SMILES string of the molecule is [2H]c1c(B2OC(C)(C)C(C)(C)O2)c(C([2H])([2H])[2H])nc(C(F)(F)F)c1C([2H])([2H])[2H]. The van der Waals surface area contributed by atoms with Gasteiger partial charge in [0.15, 0.2) is 0 Å². The van der Waals surface area contributed by atoms with Crippen LogP contribution in [-0.4, -0.2) is 23.3 Å². The first kappa shape index (κ1) is 9.15. The number of pyridine rings is 1. The molecule has 1 aliphatic rings. The fourth-order valence-corrected chi connectivity index (χ4v) is 1.82. The Balaban J connectivity index is 2.90. The number of rotatable bonds is 1. The van der Waals surface area contributed by atoms with Crippen molar-refractivity contribution >= 4 is 12.6 Å². The molecule has 0 saturated carbocycles. The van der Waals surface area contributed by atoms with E-state index in [-0.39, 0.29) is 0 Å². The van der Waals surface area contributed by atoms with Gasteiger partial charge in [0, 0.05) is 19.4 Å². The standard InChI is InChI=1S/C14H19BF3NO2/c1-8-7-10(9(2)19-11(8)14(16,17)18)15-20-12(3,4)13(5,6)21-15/h7H,1-6H3/i1D3,2D3,7D. The van der Waals surface area contributed by atoms with E-state index in [0.29, 0.717) is 0 Å². The van der Waals surface area contributed by atoms with Crippen molar-refractivity contribution in [1.29, 1.82) is 0 Å². The molecule has 0 bridgehead atoms. The summed E-state index contributed by atoms with van der Waals surface area (Å²) in [5.41, 5.74) is -7.03. The van der Waals surface area contributed by atoms with Gasteiger partial charge in [-0.15, -0.1) is 0 Å². The summed E-state index contributed by atoms with van der Waals surface area (Å²) in [6, 6.07) is -1.13. The van der Waals surface area contributed by atoms with Crippen LogP contribution in [0.3, 0.4) is 0 Å². The Hall–Kier alpha value is -1.08. The highest BCUT2D eigenvalue weighted by Gasteiger charge is 2.52. The predicted molar refractivity (Wildman–Crippen MR) is 74.4 cm³/mol. The van der Waals surface area contributed by atoms with Crippen molar-refractivity contribution in [3.63, 3.8) is 0 Å². The summed E-state index contributed by atoms with van der Waals surface area (Å²) in [6.45, 7) is -0.0498. The van der Waals surface area contributed by atoms with Gasteiger partial charge in [-0.2, -0.15) is 13.2 Å². The van der Waals surface area contributed by atoms with E-state index in [1.54, 1.807) is 27.7 Å². The van der Waals surface area contributed by atoms with E-state index in [4.69, 9.17) is 18.9 Å². The van der Waals surface area contributed by atoms with E-state index in [1.807, 2.05) is 0 Å². The lowest BCUT2D eigenvalue weighted by Crippen LogP contribution is -2.41. The minimum atomic E-state index is -5.27. The van der Waals surface area contributed by atoms with Crippen LogP contribution in [0.4, 0.5) is 13.2 Å². The van der Waals surface area contributed by atoms with Gasteiger partial charge in [-0.1, -0.05) is 6.04 Å². The third-order valence-corrected chi connectivity index (χ3v) is 3.73. The summed E-state index contributed by atoms with van der Waals surface area (Å²) in [4.78, 5) is 3.16. The zero-order valence-electron chi connectivity index (χ0n) is 19.0. The minimum Gasteiger partial charge on any atom is -0.399 e. The Morgan fingerprint density at radius 2 is 1.76 bits per heavy atom. The lowest BCUT2D eigenvalue weighted by atomic mass is 9.77. The molecule has 0 aliphatic carbocycles. The molecule has 0 spiro atoms. The van der Waals surface area contributed by atoms with Gasteiger partial charge in [-0.25, -0.2) is 4.98 Å². The molecular weight excluding hydrogens is 282 g/mol. The molecule has 1 saturated heterocycles. The molecule has 1 fully saturated rings. The van der Waals surface area contributed by atoms with Gasteiger partial charge in [-0.3, -0.25) is 0 Å². The van der Waals surface area contributed by atoms with Crippen LogP contribution < -0.4 is 5.46 Å². The van der Waals surface area contributed by atoms with Gasteiger partial charge in [0.1, 0.15) is 5.69 Å². The maximum atomic E-state index is 13.4. The van der Waals surface area contributed by atoms with Gasteiger partial charge in [-0.05, 0) is 47.0 Å². The van der Waals surface area contributed by atoms with Gasteiger partial charge >= 0.3 is 13.3 Å². The van der Waals surface area contributed by atoms with Crippen LogP contribution in [-0.2, 0) is 15.5 Å². The molecule has 0 radical (unpaired) electrons. The van der Waals surface area contributed by atoms with Crippen LogP contribution in [0, 0.1) is 13.7 Å². The zero-order chi connectivity index (χ0) is 22.1. The molecule has 2 rings (SSSR count). The third-order valence-electron chi connectivity index (χ3n) is 3.73. The van der Waals surface area contributed by atoms with Crippen molar-refractivity contribution in [3.8, 4) is 0 Å². The number of hydrogen-bond donors (Lipinski definition) is 0. The van der Waals surface area contributed by atoms with Gasteiger partial charge < -0.3 is 9.31 Å². The van der Waals surface area contributed by atoms with E-state index in [1.165, 1.54) is 0 Å². The second-order valence-corrected chi connectivity index (χ2v) is 5.81. The first-order chi connectivity index (χ1) is 12.2. The Morgan fingerprint density at radius 3 is 2.19 bits per heavy atom. The molecule has 2 heterocycles. The van der Waals surface area contributed by atoms with Crippen LogP contribution in [0.2, 0.25) is 0 Å². The molecule has 1 aromatic rings. The van der Waals surface area contributed by atoms with Gasteiger partial charge in [0.2, 0.25) is 0 Å². The van der Waals surface area contributed by atoms with Gasteiger partial charge in [0.05, 0.1) is 12.6 Å². The van der Waals surface area contributed by atoms with Gasteiger partial charge in [0.25, 0.3) is 0 Å². The smallest absolute Gasteiger partial charge is 0.399 e. The normalized spacial score (nSPS) is 27.0. The number of nitrogens with zero attached hydrogens (tertiary/aromatic N) is 1. The number of aryl methyl sites for hydroxylation is 1. The van der Waals surface area contributed by atoms with Crippen molar-refractivity contribution in [2.75, 3.05) is 0 Å². The zero-order valence-corrected chi connectivity index (χ0v) is 12.0. The Bertz CT molecular complexity index is 775. The highest BCUT2D eigenvalue weighted by molar-refractivity contribution is 6.62. The van der Waals surface area contributed by atoms with E-state index in [2.05, 4.69) is 4.98 Å². The molecule has 0 aromatic carbocycles. The molecule has 0 atom stereocenters. The van der Waals surface area contributed by atoms with Crippen molar-refractivity contribution < 1.29 is 32.1 Å². The second kappa shape index (κ2) is 4.71. The Kier molecular flexibility index (Phi) is 2.05. The first-order valence-electron chi connectivity index (χ1n) is 9.68. The lowest BCUT2D eigenvalue weighted by Gasteiger charge is -2.32. The molecular formula is C14H19BF3NO2. The molecule has 0 N–H and O–H groups in total. The topological polar surface area (TPSA) is 31.4 Å². The molecule has 3 nitrogen and oxygen atoms in total. The third kappa shape index (κ3) is 2.81. The lowest BCUT2D eigenvalue weighted by molar-refractivity contribution is -0.141. The van der Waals surface area contributed by atoms with E-state index >= 15 is 0 Å².